The molecule has 1 aliphatic heterocycles. The molecule has 0 aliphatic carbocycles. The van der Waals surface area contributed by atoms with Crippen LogP contribution >= 0.6 is 11.6 Å². The predicted molar refractivity (Wildman–Crippen MR) is 68.8 cm³/mol. The van der Waals surface area contributed by atoms with Crippen molar-refractivity contribution in [2.24, 2.45) is 0 Å². The van der Waals surface area contributed by atoms with E-state index in [1.165, 1.54) is 19.0 Å². The number of anilines is 1. The lowest BCUT2D eigenvalue weighted by atomic mass is 10.1. The van der Waals surface area contributed by atoms with Crippen LogP contribution in [-0.4, -0.2) is 30.4 Å². The number of halogens is 1. The first-order valence-electron chi connectivity index (χ1n) is 5.87. The fourth-order valence-electron chi connectivity index (χ4n) is 2.02. The largest absolute Gasteiger partial charge is 0.380 e. The summed E-state index contributed by atoms with van der Waals surface area (Å²) < 4.78 is 0. The molecule has 2 heterocycles. The van der Waals surface area contributed by atoms with Crippen LogP contribution in [0.3, 0.4) is 0 Å². The van der Waals surface area contributed by atoms with Crippen molar-refractivity contribution in [1.29, 1.82) is 0 Å². The lowest BCUT2D eigenvalue weighted by molar-refractivity contribution is 0.112. The quantitative estimate of drug-likeness (QED) is 0.640. The molecule has 92 valence electrons. The number of carbonyl (C=O) groups is 1. The molecule has 1 aliphatic rings. The second-order valence-electron chi connectivity index (χ2n) is 4.25. The average Bonchev–Trinajstić information content (AvgIpc) is 2.58. The van der Waals surface area contributed by atoms with Gasteiger partial charge < -0.3 is 10.6 Å². The monoisotopic (exact) mass is 253 g/mol. The van der Waals surface area contributed by atoms with Gasteiger partial charge in [-0.05, 0) is 25.5 Å². The van der Waals surface area contributed by atoms with E-state index < -0.39 is 0 Å². The number of carbonyl (C=O) groups excluding carboxylic acids is 1. The van der Waals surface area contributed by atoms with Crippen LogP contribution in [0.4, 0.5) is 5.69 Å². The van der Waals surface area contributed by atoms with Crippen molar-refractivity contribution in [1.82, 2.24) is 10.3 Å². The van der Waals surface area contributed by atoms with Gasteiger partial charge in [0.25, 0.3) is 0 Å². The summed E-state index contributed by atoms with van der Waals surface area (Å²) in [5.41, 5.74) is 1.33. The first kappa shape index (κ1) is 12.3. The number of hydrogen-bond donors (Lipinski definition) is 2. The smallest absolute Gasteiger partial charge is 0.153 e. The molecule has 0 radical (unpaired) electrons. The lowest BCUT2D eigenvalue weighted by Gasteiger charge is -2.18. The highest BCUT2D eigenvalue weighted by molar-refractivity contribution is 6.29. The van der Waals surface area contributed by atoms with Crippen molar-refractivity contribution in [3.05, 3.63) is 23.0 Å². The zero-order valence-corrected chi connectivity index (χ0v) is 10.3. The van der Waals surface area contributed by atoms with Crippen molar-refractivity contribution in [3.63, 3.8) is 0 Å². The predicted octanol–water partition coefficient (Wildman–Crippen LogP) is 2.10. The Morgan fingerprint density at radius 3 is 3.24 bits per heavy atom. The van der Waals surface area contributed by atoms with E-state index >= 15 is 0 Å². The van der Waals surface area contributed by atoms with Gasteiger partial charge in [-0.1, -0.05) is 18.0 Å². The van der Waals surface area contributed by atoms with Crippen LogP contribution in [0.5, 0.6) is 0 Å². The number of rotatable bonds is 3. The fourth-order valence-corrected chi connectivity index (χ4v) is 2.18. The van der Waals surface area contributed by atoms with Crippen LogP contribution in [0, 0.1) is 0 Å². The van der Waals surface area contributed by atoms with Gasteiger partial charge in [-0.15, -0.1) is 0 Å². The van der Waals surface area contributed by atoms with E-state index in [0.29, 0.717) is 16.8 Å². The van der Waals surface area contributed by atoms with Gasteiger partial charge in [0.15, 0.2) is 6.29 Å². The number of aldehydes is 1. The van der Waals surface area contributed by atoms with Crippen LogP contribution in [0.1, 0.15) is 29.6 Å². The van der Waals surface area contributed by atoms with Gasteiger partial charge >= 0.3 is 0 Å². The van der Waals surface area contributed by atoms with E-state index in [1.54, 1.807) is 6.07 Å². The lowest BCUT2D eigenvalue weighted by Crippen LogP contribution is -2.31. The summed E-state index contributed by atoms with van der Waals surface area (Å²) in [5.74, 6) is 0. The van der Waals surface area contributed by atoms with E-state index in [0.717, 1.165) is 31.5 Å². The molecule has 5 heteroatoms. The third-order valence-corrected chi connectivity index (χ3v) is 3.14. The Hall–Kier alpha value is -1.13. The van der Waals surface area contributed by atoms with Crippen LogP contribution < -0.4 is 10.6 Å². The third kappa shape index (κ3) is 3.41. The van der Waals surface area contributed by atoms with Gasteiger partial charge in [-0.25, -0.2) is 4.98 Å². The van der Waals surface area contributed by atoms with Crippen molar-refractivity contribution in [2.45, 2.75) is 25.3 Å². The second kappa shape index (κ2) is 5.98. The maximum atomic E-state index is 10.9. The average molecular weight is 254 g/mol. The van der Waals surface area contributed by atoms with E-state index in [4.69, 9.17) is 11.6 Å². The molecule has 0 spiro atoms. The van der Waals surface area contributed by atoms with Gasteiger partial charge in [0.05, 0.1) is 5.56 Å². The van der Waals surface area contributed by atoms with E-state index in [9.17, 15) is 4.79 Å². The molecule has 4 nitrogen and oxygen atoms in total. The maximum Gasteiger partial charge on any atom is 0.153 e. The molecular formula is C12H16ClN3O. The summed E-state index contributed by atoms with van der Waals surface area (Å²) >= 11 is 5.84. The van der Waals surface area contributed by atoms with Gasteiger partial charge in [-0.2, -0.15) is 0 Å². The first-order valence-corrected chi connectivity index (χ1v) is 6.25. The molecule has 1 aromatic heterocycles. The molecule has 1 saturated heterocycles. The van der Waals surface area contributed by atoms with Crippen molar-refractivity contribution < 1.29 is 4.79 Å². The van der Waals surface area contributed by atoms with Gasteiger partial charge in [0.2, 0.25) is 0 Å². The first-order chi connectivity index (χ1) is 8.29. The topological polar surface area (TPSA) is 54.0 Å². The normalized spacial score (nSPS) is 20.6. The molecule has 0 amide bonds. The molecule has 1 fully saturated rings. The summed E-state index contributed by atoms with van der Waals surface area (Å²) in [6.45, 7) is 1.98. The third-order valence-electron chi connectivity index (χ3n) is 2.93. The second-order valence-corrected chi connectivity index (χ2v) is 4.64. The summed E-state index contributed by atoms with van der Waals surface area (Å²) in [4.78, 5) is 14.8. The maximum absolute atomic E-state index is 10.9. The summed E-state index contributed by atoms with van der Waals surface area (Å²) in [7, 11) is 0. The summed E-state index contributed by atoms with van der Waals surface area (Å²) in [6.07, 6.45) is 5.80. The van der Waals surface area contributed by atoms with Crippen LogP contribution in [-0.2, 0) is 0 Å². The van der Waals surface area contributed by atoms with E-state index in [-0.39, 0.29) is 0 Å². The molecule has 17 heavy (non-hydrogen) atoms. The Balaban J connectivity index is 2.10. The minimum Gasteiger partial charge on any atom is -0.380 e. The van der Waals surface area contributed by atoms with Gasteiger partial charge in [0, 0.05) is 24.5 Å². The molecule has 0 bridgehead atoms. The Morgan fingerprint density at radius 2 is 2.41 bits per heavy atom. The minimum atomic E-state index is 0.342. The fraction of sp³-hybridized carbons (Fsp3) is 0.500. The molecule has 0 unspecified atom stereocenters. The number of pyridine rings is 1. The molecule has 0 aromatic carbocycles. The SMILES string of the molecule is O=Cc1cnc(Cl)cc1N[C@@H]1CCCCNC1. The molecule has 0 saturated carbocycles. The summed E-state index contributed by atoms with van der Waals surface area (Å²) in [6, 6.07) is 2.05. The highest BCUT2D eigenvalue weighted by Crippen LogP contribution is 2.19. The van der Waals surface area contributed by atoms with Gasteiger partial charge in [0.1, 0.15) is 5.15 Å². The molecule has 2 N–H and O–H groups in total. The standard InChI is InChI=1S/C12H16ClN3O/c13-12-5-11(9(8-17)6-15-12)16-10-3-1-2-4-14-7-10/h5-6,8,10,14H,1-4,7H2,(H,15,16)/t10-/m1/s1. The zero-order valence-electron chi connectivity index (χ0n) is 9.58. The number of hydrogen-bond acceptors (Lipinski definition) is 4. The molecular weight excluding hydrogens is 238 g/mol. The summed E-state index contributed by atoms with van der Waals surface area (Å²) in [5, 5.41) is 7.14. The highest BCUT2D eigenvalue weighted by Gasteiger charge is 2.13. The van der Waals surface area contributed by atoms with Gasteiger partial charge in [-0.3, -0.25) is 4.79 Å². The zero-order chi connectivity index (χ0) is 12.1. The van der Waals surface area contributed by atoms with Crippen LogP contribution in [0.15, 0.2) is 12.3 Å². The number of aromatic nitrogens is 1. The molecule has 1 atom stereocenters. The Labute approximate surface area is 106 Å². The Morgan fingerprint density at radius 1 is 1.53 bits per heavy atom. The van der Waals surface area contributed by atoms with E-state index in [2.05, 4.69) is 15.6 Å². The molecule has 2 rings (SSSR count). The van der Waals surface area contributed by atoms with Crippen molar-refractivity contribution >= 4 is 23.6 Å². The Kier molecular flexibility index (Phi) is 4.34. The Bertz CT molecular complexity index is 389. The van der Waals surface area contributed by atoms with E-state index in [1.807, 2.05) is 0 Å². The molecule has 1 aromatic rings. The minimum absolute atomic E-state index is 0.342. The number of nitrogens with one attached hydrogen (secondary N) is 2. The van der Waals surface area contributed by atoms with Crippen LogP contribution in [0.25, 0.3) is 0 Å². The number of nitrogens with zero attached hydrogens (tertiary/aromatic N) is 1. The van der Waals surface area contributed by atoms with Crippen LogP contribution in [0.2, 0.25) is 5.15 Å². The van der Waals surface area contributed by atoms with Crippen molar-refractivity contribution in [2.75, 3.05) is 18.4 Å². The van der Waals surface area contributed by atoms with Crippen molar-refractivity contribution in [3.8, 4) is 0 Å². The highest BCUT2D eigenvalue weighted by atomic mass is 35.5.